The van der Waals surface area contributed by atoms with Gasteiger partial charge in [-0.15, -0.1) is 0 Å². The lowest BCUT2D eigenvalue weighted by atomic mass is 10.3. The lowest BCUT2D eigenvalue weighted by Gasteiger charge is -2.19. The number of halogens is 1. The van der Waals surface area contributed by atoms with Crippen LogP contribution in [-0.2, 0) is 9.36 Å². The van der Waals surface area contributed by atoms with Crippen LogP contribution in [0.4, 0.5) is 4.39 Å². The van der Waals surface area contributed by atoms with E-state index in [9.17, 15) is 13.8 Å². The van der Waals surface area contributed by atoms with E-state index >= 15 is 0 Å². The molecule has 1 aliphatic rings. The van der Waals surface area contributed by atoms with E-state index in [2.05, 4.69) is 0 Å². The Labute approximate surface area is 73.0 Å². The minimum absolute atomic E-state index is 0.271. The molecule has 0 aliphatic carbocycles. The summed E-state index contributed by atoms with van der Waals surface area (Å²) in [6.45, 7) is 0.663. The number of hydroxylamine groups is 2. The van der Waals surface area contributed by atoms with Crippen LogP contribution in [0.2, 0.25) is 0 Å². The lowest BCUT2D eigenvalue weighted by molar-refractivity contribution is -0.191. The first-order valence-corrected chi connectivity index (χ1v) is 5.51. The first kappa shape index (κ1) is 10.6. The number of amides is 1. The number of nitrogens with zero attached hydrogens (tertiary/aromatic N) is 1. The highest BCUT2D eigenvalue weighted by atomic mass is 31.2. The lowest BCUT2D eigenvalue weighted by Crippen LogP contribution is -2.35. The van der Waals surface area contributed by atoms with E-state index in [0.29, 0.717) is 6.66 Å². The van der Waals surface area contributed by atoms with Gasteiger partial charge in [0.2, 0.25) is 7.37 Å². The highest BCUT2D eigenvalue weighted by Crippen LogP contribution is 2.57. The number of aliphatic hydroxyl groups is 1. The number of hydrogen-bond donors (Lipinski definition) is 3. The summed E-state index contributed by atoms with van der Waals surface area (Å²) in [7, 11) is -4.33. The molecule has 0 saturated carbocycles. The molecule has 13 heavy (non-hydrogen) atoms. The standard InChI is InChI=1S/C5H9FNO5P/c1-13(11,12)5(6)2-3(8)7(10)4(5)9/h3,8,10H,2H2,1H3,(H,11,12)/t3?,5-/m1/s1. The molecule has 1 aliphatic heterocycles. The van der Waals surface area contributed by atoms with Gasteiger partial charge in [0, 0.05) is 13.1 Å². The Hall–Kier alpha value is -0.490. The Kier molecular flexibility index (Phi) is 2.24. The molecule has 0 aromatic rings. The molecule has 1 saturated heterocycles. The molecule has 8 heteroatoms. The number of carbonyl (C=O) groups is 1. The van der Waals surface area contributed by atoms with Crippen molar-refractivity contribution in [3.63, 3.8) is 0 Å². The Morgan fingerprint density at radius 3 is 2.38 bits per heavy atom. The van der Waals surface area contributed by atoms with Gasteiger partial charge in [-0.05, 0) is 0 Å². The van der Waals surface area contributed by atoms with Crippen LogP contribution >= 0.6 is 7.37 Å². The molecule has 0 spiro atoms. The predicted octanol–water partition coefficient (Wildman–Crippen LogP) is -0.508. The summed E-state index contributed by atoms with van der Waals surface area (Å²) in [5.74, 6) is -1.58. The molecule has 1 fully saturated rings. The predicted molar refractivity (Wildman–Crippen MR) is 38.8 cm³/mol. The topological polar surface area (TPSA) is 98.1 Å². The molecule has 0 aromatic carbocycles. The quantitative estimate of drug-likeness (QED) is 0.402. The third-order valence-corrected chi connectivity index (χ3v) is 3.62. The van der Waals surface area contributed by atoms with Crippen LogP contribution in [0.3, 0.4) is 0 Å². The first-order chi connectivity index (χ1) is 5.70. The van der Waals surface area contributed by atoms with Gasteiger partial charge in [0.05, 0.1) is 0 Å². The fraction of sp³-hybridized carbons (Fsp3) is 0.800. The summed E-state index contributed by atoms with van der Waals surface area (Å²) in [6.07, 6.45) is -2.66. The normalized spacial score (nSPS) is 39.3. The van der Waals surface area contributed by atoms with Gasteiger partial charge >= 0.3 is 0 Å². The number of hydrogen-bond acceptors (Lipinski definition) is 4. The Bertz CT molecular complexity index is 291. The minimum atomic E-state index is -4.33. The van der Waals surface area contributed by atoms with Crippen molar-refractivity contribution in [2.24, 2.45) is 0 Å². The Morgan fingerprint density at radius 1 is 1.77 bits per heavy atom. The molecule has 6 nitrogen and oxygen atoms in total. The van der Waals surface area contributed by atoms with E-state index in [0.717, 1.165) is 0 Å². The third kappa shape index (κ3) is 1.38. The zero-order valence-electron chi connectivity index (χ0n) is 6.71. The third-order valence-electron chi connectivity index (χ3n) is 1.93. The fourth-order valence-corrected chi connectivity index (χ4v) is 2.03. The van der Waals surface area contributed by atoms with Crippen LogP contribution in [0.1, 0.15) is 6.42 Å². The summed E-state index contributed by atoms with van der Waals surface area (Å²) in [5.41, 5.74) is 0. The molecule has 0 radical (unpaired) electrons. The molecule has 1 heterocycles. The molecule has 0 aromatic heterocycles. The average Bonchev–Trinajstić information content (AvgIpc) is 2.15. The maximum absolute atomic E-state index is 13.5. The van der Waals surface area contributed by atoms with Crippen molar-refractivity contribution in [1.29, 1.82) is 0 Å². The average molecular weight is 213 g/mol. The molecule has 1 rings (SSSR count). The zero-order valence-corrected chi connectivity index (χ0v) is 7.61. The van der Waals surface area contributed by atoms with E-state index in [-0.39, 0.29) is 5.06 Å². The van der Waals surface area contributed by atoms with E-state index in [1.54, 1.807) is 0 Å². The van der Waals surface area contributed by atoms with E-state index in [1.807, 2.05) is 0 Å². The van der Waals surface area contributed by atoms with Gasteiger partial charge in [-0.2, -0.15) is 5.06 Å². The second-order valence-electron chi connectivity index (χ2n) is 2.97. The smallest absolute Gasteiger partial charge is 0.296 e. The maximum Gasteiger partial charge on any atom is 0.296 e. The van der Waals surface area contributed by atoms with Crippen LogP contribution in [0, 0.1) is 0 Å². The molecule has 76 valence electrons. The van der Waals surface area contributed by atoms with E-state index in [4.69, 9.17) is 15.2 Å². The van der Waals surface area contributed by atoms with Crippen molar-refractivity contribution in [1.82, 2.24) is 5.06 Å². The van der Waals surface area contributed by atoms with Crippen molar-refractivity contribution in [2.45, 2.75) is 18.1 Å². The first-order valence-electron chi connectivity index (χ1n) is 3.40. The van der Waals surface area contributed by atoms with Gasteiger partial charge in [-0.3, -0.25) is 14.6 Å². The van der Waals surface area contributed by atoms with Crippen molar-refractivity contribution >= 4 is 13.3 Å². The number of rotatable bonds is 1. The minimum Gasteiger partial charge on any atom is -0.371 e. The Morgan fingerprint density at radius 2 is 2.23 bits per heavy atom. The molecule has 2 unspecified atom stereocenters. The molecular weight excluding hydrogens is 204 g/mol. The largest absolute Gasteiger partial charge is 0.371 e. The van der Waals surface area contributed by atoms with Crippen LogP contribution in [0.25, 0.3) is 0 Å². The maximum atomic E-state index is 13.5. The van der Waals surface area contributed by atoms with Crippen LogP contribution in [0.15, 0.2) is 0 Å². The summed E-state index contributed by atoms with van der Waals surface area (Å²) in [5, 5.41) is 14.2. The van der Waals surface area contributed by atoms with Crippen LogP contribution in [0.5, 0.6) is 0 Å². The van der Waals surface area contributed by atoms with E-state index < -0.39 is 31.3 Å². The zero-order chi connectivity index (χ0) is 10.4. The highest BCUT2D eigenvalue weighted by Gasteiger charge is 2.61. The molecular formula is C5H9FNO5P. The van der Waals surface area contributed by atoms with Crippen molar-refractivity contribution in [2.75, 3.05) is 6.66 Å². The highest BCUT2D eigenvalue weighted by molar-refractivity contribution is 7.59. The number of alkyl halides is 1. The van der Waals surface area contributed by atoms with Crippen molar-refractivity contribution in [3.8, 4) is 0 Å². The SMILES string of the molecule is CP(=O)(O)[C@]1(F)CC(O)N(O)C1=O. The molecule has 3 N–H and O–H groups in total. The van der Waals surface area contributed by atoms with Crippen molar-refractivity contribution < 1.29 is 29.0 Å². The van der Waals surface area contributed by atoms with E-state index in [1.165, 1.54) is 0 Å². The molecule has 3 atom stereocenters. The monoisotopic (exact) mass is 213 g/mol. The summed E-state index contributed by atoms with van der Waals surface area (Å²) in [6, 6.07) is 0. The number of aliphatic hydroxyl groups excluding tert-OH is 1. The van der Waals surface area contributed by atoms with Crippen LogP contribution < -0.4 is 0 Å². The summed E-state index contributed by atoms with van der Waals surface area (Å²) < 4.78 is 24.4. The van der Waals surface area contributed by atoms with Gasteiger partial charge in [0.25, 0.3) is 11.3 Å². The van der Waals surface area contributed by atoms with Gasteiger partial charge < -0.3 is 10.00 Å². The number of carbonyl (C=O) groups excluding carboxylic acids is 1. The molecule has 0 bridgehead atoms. The van der Waals surface area contributed by atoms with Gasteiger partial charge in [0.15, 0.2) is 6.23 Å². The van der Waals surface area contributed by atoms with Crippen molar-refractivity contribution in [3.05, 3.63) is 0 Å². The molecule has 1 amide bonds. The summed E-state index contributed by atoms with van der Waals surface area (Å²) >= 11 is 0. The Balaban J connectivity index is 3.09. The second kappa shape index (κ2) is 2.75. The summed E-state index contributed by atoms with van der Waals surface area (Å²) in [4.78, 5) is 19.8. The van der Waals surface area contributed by atoms with Gasteiger partial charge in [0.1, 0.15) is 0 Å². The van der Waals surface area contributed by atoms with Crippen LogP contribution in [-0.4, -0.2) is 44.5 Å². The second-order valence-corrected chi connectivity index (χ2v) is 5.44. The van der Waals surface area contributed by atoms with Gasteiger partial charge in [-0.25, -0.2) is 4.39 Å². The fourth-order valence-electron chi connectivity index (χ4n) is 1.07. The van der Waals surface area contributed by atoms with Gasteiger partial charge in [-0.1, -0.05) is 0 Å².